The molecule has 0 heterocycles. The van der Waals surface area contributed by atoms with Crippen LogP contribution in [-0.2, 0) is 4.79 Å². The number of rotatable bonds is 27. The first kappa shape index (κ1) is 50.1. The summed E-state index contributed by atoms with van der Waals surface area (Å²) in [6, 6.07) is 0.442. The number of carbonyl (C=O) groups is 1. The second-order valence-electron chi connectivity index (χ2n) is 16.9. The zero-order valence-electron chi connectivity index (χ0n) is 37.5. The maximum absolute atomic E-state index is 12.7. The first-order valence-corrected chi connectivity index (χ1v) is 21.2. The standard InChI is InChI=1S/C51H85NO/c1-40(2)23-15-24-43(7)25-16-26-44(8)27-17-28-45(9)29-18-30-46(10)31-19-32-47(11)33-20-34-48(12)35-21-36-49(13)37-22-38-50(14)39-51(53)52(41(3)4)42(5)6/h23,25,27,29,31,33,35,37,39,41-42H,15-22,24,26,28,30,32,34,36,38H2,1-14H3/b43-25+,44-27+,45-29-,46-31-,47-33-,48-35-,49-37-,50-39-. The Balaban J connectivity index is 4.35. The van der Waals surface area contributed by atoms with Crippen LogP contribution >= 0.6 is 0 Å². The number of nitrogens with zero attached hydrogens (tertiary/aromatic N) is 1. The Bertz CT molecular complexity index is 1320. The first-order chi connectivity index (χ1) is 25.0. The third kappa shape index (κ3) is 29.2. The molecule has 0 fully saturated rings. The van der Waals surface area contributed by atoms with Crippen molar-refractivity contribution in [2.75, 3.05) is 0 Å². The van der Waals surface area contributed by atoms with Crippen molar-refractivity contribution in [3.63, 3.8) is 0 Å². The third-order valence-corrected chi connectivity index (χ3v) is 10.0. The topological polar surface area (TPSA) is 20.3 Å². The predicted molar refractivity (Wildman–Crippen MR) is 240 cm³/mol. The van der Waals surface area contributed by atoms with Crippen molar-refractivity contribution in [2.24, 2.45) is 0 Å². The van der Waals surface area contributed by atoms with Gasteiger partial charge in [0.15, 0.2) is 0 Å². The van der Waals surface area contributed by atoms with Gasteiger partial charge in [-0.3, -0.25) is 4.79 Å². The van der Waals surface area contributed by atoms with E-state index < -0.39 is 0 Å². The van der Waals surface area contributed by atoms with Crippen LogP contribution in [0.5, 0.6) is 0 Å². The summed E-state index contributed by atoms with van der Waals surface area (Å²) < 4.78 is 0. The Kier molecular flexibility index (Phi) is 28.8. The van der Waals surface area contributed by atoms with Crippen molar-refractivity contribution >= 4 is 5.91 Å². The molecule has 1 amide bonds. The molecule has 0 bridgehead atoms. The van der Waals surface area contributed by atoms with Crippen molar-refractivity contribution < 1.29 is 4.79 Å². The average Bonchev–Trinajstić information content (AvgIpc) is 3.04. The van der Waals surface area contributed by atoms with Crippen LogP contribution in [0.15, 0.2) is 105 Å². The van der Waals surface area contributed by atoms with Gasteiger partial charge in [-0.15, -0.1) is 0 Å². The monoisotopic (exact) mass is 728 g/mol. The molecule has 0 aliphatic carbocycles. The minimum atomic E-state index is 0.135. The fourth-order valence-corrected chi connectivity index (χ4v) is 6.59. The van der Waals surface area contributed by atoms with Gasteiger partial charge in [0, 0.05) is 18.2 Å². The van der Waals surface area contributed by atoms with Crippen LogP contribution in [0.4, 0.5) is 0 Å². The zero-order valence-corrected chi connectivity index (χ0v) is 37.5. The van der Waals surface area contributed by atoms with Crippen LogP contribution in [0.2, 0.25) is 0 Å². The van der Waals surface area contributed by atoms with Crippen LogP contribution < -0.4 is 0 Å². The fraction of sp³-hybridized carbons (Fsp3) is 0.627. The van der Waals surface area contributed by atoms with Crippen molar-refractivity contribution in [3.05, 3.63) is 105 Å². The molecule has 0 N–H and O–H groups in total. The summed E-state index contributed by atoms with van der Waals surface area (Å²) in [6.45, 7) is 30.8. The molecule has 0 unspecified atom stereocenters. The number of amides is 1. The second kappa shape index (κ2) is 30.5. The quantitative estimate of drug-likeness (QED) is 0.0609. The predicted octanol–water partition coefficient (Wildman–Crippen LogP) is 16.4. The normalized spacial score (nSPS) is 14.5. The Morgan fingerprint density at radius 2 is 0.566 bits per heavy atom. The van der Waals surface area contributed by atoms with Crippen molar-refractivity contribution in [1.29, 1.82) is 0 Å². The lowest BCUT2D eigenvalue weighted by molar-refractivity contribution is -0.129. The largest absolute Gasteiger partial charge is 0.334 e. The van der Waals surface area contributed by atoms with Gasteiger partial charge in [-0.05, 0) is 200 Å². The average molecular weight is 728 g/mol. The van der Waals surface area contributed by atoms with Gasteiger partial charge in [-0.25, -0.2) is 0 Å². The van der Waals surface area contributed by atoms with E-state index in [-0.39, 0.29) is 18.0 Å². The van der Waals surface area contributed by atoms with Crippen molar-refractivity contribution in [2.45, 2.75) is 212 Å². The van der Waals surface area contributed by atoms with E-state index >= 15 is 0 Å². The van der Waals surface area contributed by atoms with Crippen LogP contribution in [0.25, 0.3) is 0 Å². The van der Waals surface area contributed by atoms with Crippen LogP contribution in [0, 0.1) is 0 Å². The van der Waals surface area contributed by atoms with E-state index in [9.17, 15) is 4.79 Å². The molecular formula is C51H85NO. The summed E-state index contributed by atoms with van der Waals surface area (Å²) in [5, 5.41) is 0. The molecule has 0 aliphatic heterocycles. The Morgan fingerprint density at radius 3 is 0.774 bits per heavy atom. The Hall–Kier alpha value is -2.87. The summed E-state index contributed by atoms with van der Waals surface area (Å²) in [5.41, 5.74) is 13.1. The number of hydrogen-bond donors (Lipinski definition) is 0. The minimum Gasteiger partial charge on any atom is -0.334 e. The molecule has 0 aromatic rings. The van der Waals surface area contributed by atoms with E-state index in [2.05, 4.69) is 146 Å². The molecule has 0 aliphatic rings. The van der Waals surface area contributed by atoms with Gasteiger partial charge >= 0.3 is 0 Å². The number of carbonyl (C=O) groups excluding carboxylic acids is 1. The minimum absolute atomic E-state index is 0.135. The highest BCUT2D eigenvalue weighted by Crippen LogP contribution is 2.18. The highest BCUT2D eigenvalue weighted by atomic mass is 16.2. The summed E-state index contributed by atoms with van der Waals surface area (Å²) in [5.74, 6) is 0.135. The lowest BCUT2D eigenvalue weighted by Crippen LogP contribution is -2.41. The second-order valence-corrected chi connectivity index (χ2v) is 16.9. The molecule has 2 heteroatoms. The Labute approximate surface area is 331 Å². The molecule has 0 saturated carbocycles. The van der Waals surface area contributed by atoms with Crippen molar-refractivity contribution in [3.8, 4) is 0 Å². The van der Waals surface area contributed by atoms with E-state index in [0.29, 0.717) is 0 Å². The summed E-state index contributed by atoms with van der Waals surface area (Å²) >= 11 is 0. The maximum atomic E-state index is 12.7. The molecule has 0 aromatic carbocycles. The van der Waals surface area contributed by atoms with Crippen LogP contribution in [-0.4, -0.2) is 22.9 Å². The van der Waals surface area contributed by atoms with E-state index in [1.165, 1.54) is 76.7 Å². The first-order valence-electron chi connectivity index (χ1n) is 21.2. The summed E-state index contributed by atoms with van der Waals surface area (Å²) in [7, 11) is 0. The van der Waals surface area contributed by atoms with E-state index in [1.54, 1.807) is 0 Å². The van der Waals surface area contributed by atoms with E-state index in [4.69, 9.17) is 0 Å². The van der Waals surface area contributed by atoms with Crippen LogP contribution in [0.3, 0.4) is 0 Å². The molecule has 0 saturated heterocycles. The molecule has 53 heavy (non-hydrogen) atoms. The van der Waals surface area contributed by atoms with Crippen LogP contribution in [0.1, 0.15) is 200 Å². The van der Waals surface area contributed by atoms with Gasteiger partial charge in [0.05, 0.1) is 0 Å². The zero-order chi connectivity index (χ0) is 40.2. The number of hydrogen-bond acceptors (Lipinski definition) is 1. The lowest BCUT2D eigenvalue weighted by atomic mass is 10.0. The molecule has 0 atom stereocenters. The highest BCUT2D eigenvalue weighted by Gasteiger charge is 2.18. The molecule has 0 rings (SSSR count). The number of allylic oxidation sites excluding steroid dienone is 17. The maximum Gasteiger partial charge on any atom is 0.246 e. The highest BCUT2D eigenvalue weighted by molar-refractivity contribution is 5.88. The summed E-state index contributed by atoms with van der Waals surface area (Å²) in [6.07, 6.45) is 39.3. The Morgan fingerprint density at radius 1 is 0.358 bits per heavy atom. The lowest BCUT2D eigenvalue weighted by Gasteiger charge is -2.29. The van der Waals surface area contributed by atoms with Gasteiger partial charge in [-0.1, -0.05) is 98.8 Å². The van der Waals surface area contributed by atoms with Gasteiger partial charge in [0.1, 0.15) is 0 Å². The van der Waals surface area contributed by atoms with Gasteiger partial charge in [0.2, 0.25) is 5.91 Å². The van der Waals surface area contributed by atoms with Gasteiger partial charge < -0.3 is 4.90 Å². The van der Waals surface area contributed by atoms with Crippen molar-refractivity contribution in [1.82, 2.24) is 4.90 Å². The summed E-state index contributed by atoms with van der Waals surface area (Å²) in [4.78, 5) is 14.6. The van der Waals surface area contributed by atoms with E-state index in [0.717, 1.165) is 76.2 Å². The molecule has 2 nitrogen and oxygen atoms in total. The molecule has 300 valence electrons. The molecular weight excluding hydrogens is 643 g/mol. The smallest absolute Gasteiger partial charge is 0.246 e. The fourth-order valence-electron chi connectivity index (χ4n) is 6.59. The third-order valence-electron chi connectivity index (χ3n) is 10.0. The molecule has 0 aromatic heterocycles. The van der Waals surface area contributed by atoms with E-state index in [1.807, 2.05) is 11.0 Å². The SMILES string of the molecule is CC(C)=CCC/C(C)=C/CC/C(C)=C/CC/C(C)=C\CC/C(C)=C\CC/C(C)=C\CC/C(C)=C\CC/C(C)=C\CC/C(C)=C\C(=O)N(C(C)C)C(C)C. The molecule has 0 spiro atoms. The van der Waals surface area contributed by atoms with Gasteiger partial charge in [0.25, 0.3) is 0 Å². The molecule has 0 radical (unpaired) electrons. The van der Waals surface area contributed by atoms with Gasteiger partial charge in [-0.2, -0.15) is 0 Å².